The molecule has 2 aromatic carbocycles. The lowest BCUT2D eigenvalue weighted by Crippen LogP contribution is -2.51. The Morgan fingerprint density at radius 3 is 2.70 bits per heavy atom. The SMILES string of the molecule is O=C(NCB(O)O)C1(Cc2ccccc2)CC(COCc2cc(Cl)ccc2Cl)=NO1. The minimum absolute atomic E-state index is 0.148. The van der Waals surface area contributed by atoms with Crippen molar-refractivity contribution in [2.75, 3.05) is 13.1 Å². The van der Waals surface area contributed by atoms with Crippen LogP contribution in [0.5, 0.6) is 0 Å². The predicted molar refractivity (Wildman–Crippen MR) is 115 cm³/mol. The molecule has 30 heavy (non-hydrogen) atoms. The van der Waals surface area contributed by atoms with Gasteiger partial charge in [-0.1, -0.05) is 58.7 Å². The standard InChI is InChI=1S/C20H21BCl2N2O5/c22-16-6-7-18(23)15(8-16)11-29-12-17-10-20(30-25-17,19(26)24-13-21(27)28)9-14-4-2-1-3-5-14/h1-8,27-28H,9-13H2,(H,24,26). The number of amides is 1. The van der Waals surface area contributed by atoms with Crippen LogP contribution in [-0.2, 0) is 27.4 Å². The topological polar surface area (TPSA) is 100 Å². The van der Waals surface area contributed by atoms with E-state index in [0.717, 1.165) is 11.1 Å². The summed E-state index contributed by atoms with van der Waals surface area (Å²) in [6.07, 6.45) is 0.171. The Morgan fingerprint density at radius 1 is 1.20 bits per heavy atom. The van der Waals surface area contributed by atoms with E-state index in [2.05, 4.69) is 10.5 Å². The van der Waals surface area contributed by atoms with E-state index in [9.17, 15) is 4.79 Å². The minimum atomic E-state index is -1.66. The smallest absolute Gasteiger partial charge is 0.426 e. The number of carbonyl (C=O) groups is 1. The second kappa shape index (κ2) is 10.3. The summed E-state index contributed by atoms with van der Waals surface area (Å²) in [7, 11) is -1.66. The highest BCUT2D eigenvalue weighted by molar-refractivity contribution is 6.41. The molecule has 3 N–H and O–H groups in total. The molecule has 1 aliphatic rings. The number of hydrogen-bond acceptors (Lipinski definition) is 6. The van der Waals surface area contributed by atoms with Crippen LogP contribution in [0, 0.1) is 0 Å². The van der Waals surface area contributed by atoms with Crippen molar-refractivity contribution < 1.29 is 24.4 Å². The molecule has 1 amide bonds. The molecule has 0 radical (unpaired) electrons. The van der Waals surface area contributed by atoms with Gasteiger partial charge in [0, 0.05) is 22.9 Å². The van der Waals surface area contributed by atoms with Crippen molar-refractivity contribution in [1.29, 1.82) is 0 Å². The van der Waals surface area contributed by atoms with Crippen molar-refractivity contribution in [1.82, 2.24) is 5.32 Å². The molecular weight excluding hydrogens is 430 g/mol. The molecule has 1 heterocycles. The van der Waals surface area contributed by atoms with Crippen LogP contribution in [0.3, 0.4) is 0 Å². The van der Waals surface area contributed by atoms with Crippen LogP contribution >= 0.6 is 23.2 Å². The van der Waals surface area contributed by atoms with Crippen molar-refractivity contribution in [3.8, 4) is 0 Å². The van der Waals surface area contributed by atoms with Gasteiger partial charge in [0.05, 0.1) is 25.4 Å². The van der Waals surface area contributed by atoms with Gasteiger partial charge in [0.15, 0.2) is 0 Å². The Hall–Kier alpha value is -2.10. The van der Waals surface area contributed by atoms with Crippen molar-refractivity contribution in [3.63, 3.8) is 0 Å². The first-order valence-electron chi connectivity index (χ1n) is 9.32. The van der Waals surface area contributed by atoms with Gasteiger partial charge in [0.1, 0.15) is 0 Å². The fourth-order valence-electron chi connectivity index (χ4n) is 3.12. The average Bonchev–Trinajstić information content (AvgIpc) is 3.13. The first-order chi connectivity index (χ1) is 14.4. The number of halogens is 2. The van der Waals surface area contributed by atoms with Crippen LogP contribution in [0.1, 0.15) is 17.5 Å². The van der Waals surface area contributed by atoms with Gasteiger partial charge in [-0.05, 0) is 29.3 Å². The maximum atomic E-state index is 12.8. The van der Waals surface area contributed by atoms with Crippen molar-refractivity contribution in [3.05, 3.63) is 69.7 Å². The molecule has 2 aromatic rings. The maximum Gasteiger partial charge on any atom is 0.472 e. The molecule has 7 nitrogen and oxygen atoms in total. The Bertz CT molecular complexity index is 913. The zero-order valence-corrected chi connectivity index (χ0v) is 17.6. The summed E-state index contributed by atoms with van der Waals surface area (Å²) < 4.78 is 5.70. The summed E-state index contributed by atoms with van der Waals surface area (Å²) in [5, 5.41) is 25.8. The molecule has 0 spiro atoms. The number of rotatable bonds is 9. The van der Waals surface area contributed by atoms with Gasteiger partial charge in [-0.15, -0.1) is 0 Å². The number of ether oxygens (including phenoxy) is 1. The monoisotopic (exact) mass is 450 g/mol. The number of carbonyl (C=O) groups excluding carboxylic acids is 1. The number of benzene rings is 2. The van der Waals surface area contributed by atoms with Gasteiger partial charge < -0.3 is 24.9 Å². The van der Waals surface area contributed by atoms with Gasteiger partial charge in [-0.3, -0.25) is 4.79 Å². The summed E-state index contributed by atoms with van der Waals surface area (Å²) >= 11 is 12.1. The minimum Gasteiger partial charge on any atom is -0.426 e. The fourth-order valence-corrected chi connectivity index (χ4v) is 3.49. The molecular formula is C20H21BCl2N2O5. The quantitative estimate of drug-likeness (QED) is 0.509. The zero-order chi connectivity index (χ0) is 21.6. The maximum absolute atomic E-state index is 12.8. The molecule has 10 heteroatoms. The van der Waals surface area contributed by atoms with Gasteiger partial charge in [-0.2, -0.15) is 0 Å². The van der Waals surface area contributed by atoms with Crippen molar-refractivity contribution >= 4 is 41.9 Å². The van der Waals surface area contributed by atoms with E-state index in [1.807, 2.05) is 30.3 Å². The van der Waals surface area contributed by atoms with Crippen molar-refractivity contribution in [2.24, 2.45) is 5.16 Å². The molecule has 0 aliphatic carbocycles. The highest BCUT2D eigenvalue weighted by Crippen LogP contribution is 2.29. The summed E-state index contributed by atoms with van der Waals surface area (Å²) in [6.45, 7) is 0.377. The number of hydrogen-bond donors (Lipinski definition) is 3. The Kier molecular flexibility index (Phi) is 7.74. The van der Waals surface area contributed by atoms with E-state index in [1.54, 1.807) is 18.2 Å². The second-order valence-electron chi connectivity index (χ2n) is 7.00. The summed E-state index contributed by atoms with van der Waals surface area (Å²) in [4.78, 5) is 18.4. The van der Waals surface area contributed by atoms with E-state index in [1.165, 1.54) is 0 Å². The fraction of sp³-hybridized carbons (Fsp3) is 0.300. The molecule has 0 aromatic heterocycles. The van der Waals surface area contributed by atoms with Crippen LogP contribution in [0.15, 0.2) is 53.7 Å². The third-order valence-corrected chi connectivity index (χ3v) is 5.17. The molecule has 0 saturated carbocycles. The lowest BCUT2D eigenvalue weighted by molar-refractivity contribution is -0.143. The van der Waals surface area contributed by atoms with Crippen LogP contribution in [-0.4, -0.2) is 47.4 Å². The summed E-state index contributed by atoms with van der Waals surface area (Å²) in [5.74, 6) is -0.476. The van der Waals surface area contributed by atoms with Gasteiger partial charge >= 0.3 is 7.12 Å². The Labute approximate surface area is 184 Å². The van der Waals surface area contributed by atoms with Crippen LogP contribution < -0.4 is 5.32 Å². The number of oxime groups is 1. The number of nitrogens with zero attached hydrogens (tertiary/aromatic N) is 1. The van der Waals surface area contributed by atoms with E-state index in [4.69, 9.17) is 42.8 Å². The summed E-state index contributed by atoms with van der Waals surface area (Å²) in [6, 6.07) is 14.5. The third-order valence-electron chi connectivity index (χ3n) is 4.56. The first kappa shape index (κ1) is 22.6. The average molecular weight is 451 g/mol. The summed E-state index contributed by atoms with van der Waals surface area (Å²) in [5.41, 5.74) is 0.904. The second-order valence-corrected chi connectivity index (χ2v) is 7.85. The van der Waals surface area contributed by atoms with Gasteiger partial charge in [0.25, 0.3) is 5.91 Å². The highest BCUT2D eigenvalue weighted by atomic mass is 35.5. The van der Waals surface area contributed by atoms with Crippen molar-refractivity contribution in [2.45, 2.75) is 25.0 Å². The molecule has 1 unspecified atom stereocenters. The lowest BCUT2D eigenvalue weighted by atomic mass is 9.87. The molecule has 1 aliphatic heterocycles. The van der Waals surface area contributed by atoms with Gasteiger partial charge in [-0.25, -0.2) is 0 Å². The predicted octanol–water partition coefficient (Wildman–Crippen LogP) is 2.40. The Morgan fingerprint density at radius 2 is 1.97 bits per heavy atom. The van der Waals surface area contributed by atoms with Gasteiger partial charge in [0.2, 0.25) is 5.60 Å². The highest BCUT2D eigenvalue weighted by Gasteiger charge is 2.46. The van der Waals surface area contributed by atoms with E-state index >= 15 is 0 Å². The number of nitrogens with one attached hydrogen (secondary N) is 1. The third kappa shape index (κ3) is 5.96. The largest absolute Gasteiger partial charge is 0.472 e. The Balaban J connectivity index is 1.64. The van der Waals surface area contributed by atoms with Crippen LogP contribution in [0.2, 0.25) is 10.0 Å². The van der Waals surface area contributed by atoms with Crippen LogP contribution in [0.25, 0.3) is 0 Å². The van der Waals surface area contributed by atoms with Crippen LogP contribution in [0.4, 0.5) is 0 Å². The zero-order valence-electron chi connectivity index (χ0n) is 16.1. The molecule has 0 saturated heterocycles. The van der Waals surface area contributed by atoms with E-state index < -0.39 is 18.6 Å². The lowest BCUT2D eigenvalue weighted by Gasteiger charge is -2.25. The molecule has 0 fully saturated rings. The first-order valence-corrected chi connectivity index (χ1v) is 10.1. The molecule has 1 atom stereocenters. The normalized spacial score (nSPS) is 17.9. The molecule has 0 bridgehead atoms. The molecule has 3 rings (SSSR count). The molecule has 158 valence electrons. The van der Waals surface area contributed by atoms with E-state index in [0.29, 0.717) is 15.8 Å². The van der Waals surface area contributed by atoms with E-state index in [-0.39, 0.29) is 32.5 Å².